The van der Waals surface area contributed by atoms with E-state index in [1.165, 1.54) is 0 Å². The Morgan fingerprint density at radius 3 is 2.64 bits per heavy atom. The average Bonchev–Trinajstić information content (AvgIpc) is 3.47. The van der Waals surface area contributed by atoms with E-state index in [0.717, 1.165) is 40.6 Å². The molecule has 0 unspecified atom stereocenters. The molecule has 4 heterocycles. The number of nitrogens with one attached hydrogen (secondary N) is 2. The maximum Gasteiger partial charge on any atom is 0.255 e. The molecule has 1 amide bonds. The number of anilines is 1. The van der Waals surface area contributed by atoms with Gasteiger partial charge in [0.2, 0.25) is 5.95 Å². The van der Waals surface area contributed by atoms with Crippen LogP contribution >= 0.6 is 0 Å². The van der Waals surface area contributed by atoms with Crippen molar-refractivity contribution in [3.05, 3.63) is 64.7 Å². The number of carbonyl (C=O) groups excluding carboxylic acids is 1. The van der Waals surface area contributed by atoms with Crippen LogP contribution in [0.25, 0.3) is 33.4 Å². The summed E-state index contributed by atoms with van der Waals surface area (Å²) in [5.41, 5.74) is 4.53. The molecule has 36 heavy (non-hydrogen) atoms. The van der Waals surface area contributed by atoms with Crippen molar-refractivity contribution in [2.45, 2.75) is 64.7 Å². The van der Waals surface area contributed by atoms with E-state index in [1.807, 2.05) is 30.5 Å². The van der Waals surface area contributed by atoms with Crippen LogP contribution in [-0.2, 0) is 6.54 Å². The maximum atomic E-state index is 13.1. The second kappa shape index (κ2) is 8.05. The third-order valence-corrected chi connectivity index (χ3v) is 7.11. The zero-order valence-corrected chi connectivity index (χ0v) is 21.0. The molecule has 1 aliphatic heterocycles. The van der Waals surface area contributed by atoms with Crippen LogP contribution in [0, 0.1) is 0 Å². The van der Waals surface area contributed by atoms with E-state index in [4.69, 9.17) is 4.98 Å². The summed E-state index contributed by atoms with van der Waals surface area (Å²) < 4.78 is 1.77. The number of rotatable bonds is 5. The molecule has 2 N–H and O–H groups in total. The molecule has 184 valence electrons. The van der Waals surface area contributed by atoms with Crippen LogP contribution < -0.4 is 15.8 Å². The highest BCUT2D eigenvalue weighted by molar-refractivity contribution is 5.97. The minimum atomic E-state index is -0.188. The van der Waals surface area contributed by atoms with Gasteiger partial charge in [-0.05, 0) is 64.8 Å². The Morgan fingerprint density at radius 2 is 1.94 bits per heavy atom. The lowest BCUT2D eigenvalue weighted by atomic mass is 10.0. The summed E-state index contributed by atoms with van der Waals surface area (Å²) in [6, 6.07) is 11.9. The summed E-state index contributed by atoms with van der Waals surface area (Å²) in [6.07, 6.45) is 5.64. The fourth-order valence-corrected chi connectivity index (χ4v) is 5.32. The highest BCUT2D eigenvalue weighted by Gasteiger charge is 2.39. The lowest BCUT2D eigenvalue weighted by Crippen LogP contribution is -2.45. The minimum absolute atomic E-state index is 0.0431. The molecule has 0 atom stereocenters. The molecule has 1 aromatic carbocycles. The van der Waals surface area contributed by atoms with Crippen molar-refractivity contribution in [2.75, 3.05) is 4.90 Å². The van der Waals surface area contributed by atoms with Gasteiger partial charge in [0.25, 0.3) is 11.5 Å². The van der Waals surface area contributed by atoms with Gasteiger partial charge in [-0.15, -0.1) is 0 Å². The first-order valence-corrected chi connectivity index (χ1v) is 12.5. The number of benzene rings is 1. The van der Waals surface area contributed by atoms with Gasteiger partial charge in [0.05, 0.1) is 29.0 Å². The molecule has 1 fully saturated rings. The average molecular weight is 483 g/mol. The molecule has 1 aliphatic carbocycles. The number of H-pyrrole nitrogens is 1. The molecule has 0 radical (unpaired) electrons. The van der Waals surface area contributed by atoms with Crippen LogP contribution in [0.3, 0.4) is 0 Å². The number of aromatic amines is 1. The first-order valence-electron chi connectivity index (χ1n) is 12.5. The Labute approximate surface area is 209 Å². The topological polar surface area (TPSA) is 95.9 Å². The van der Waals surface area contributed by atoms with Crippen molar-refractivity contribution in [2.24, 2.45) is 0 Å². The number of hydrogen-bond donors (Lipinski definition) is 2. The molecule has 4 aromatic rings. The van der Waals surface area contributed by atoms with Gasteiger partial charge in [-0.2, -0.15) is 0 Å². The Hall–Kier alpha value is -3.94. The molecule has 3 aromatic heterocycles. The molecule has 0 bridgehead atoms. The first kappa shape index (κ1) is 22.5. The van der Waals surface area contributed by atoms with E-state index >= 15 is 0 Å². The second-order valence-corrected chi connectivity index (χ2v) is 10.8. The first-order chi connectivity index (χ1) is 17.2. The summed E-state index contributed by atoms with van der Waals surface area (Å²) in [5.74, 6) is 0.636. The summed E-state index contributed by atoms with van der Waals surface area (Å²) in [5, 5.41) is 3.96. The fourth-order valence-electron chi connectivity index (χ4n) is 5.32. The number of carbonyl (C=O) groups is 1. The number of fused-ring (bicyclic) bond motifs is 2. The van der Waals surface area contributed by atoms with Crippen LogP contribution in [-0.4, -0.2) is 43.0 Å². The monoisotopic (exact) mass is 482 g/mol. The number of nitrogens with zero attached hydrogens (tertiary/aromatic N) is 4. The zero-order chi connectivity index (χ0) is 25.2. The SMILES string of the molecule is CC(C)N1c2nc(-c3c[nH]c4ccc(-c5ccc(C(=O)NC6CC6)cn5)cc34)cc(=O)n2CC1(C)C. The third-order valence-electron chi connectivity index (χ3n) is 7.11. The molecule has 1 saturated carbocycles. The van der Waals surface area contributed by atoms with E-state index < -0.39 is 0 Å². The number of aromatic nitrogens is 4. The summed E-state index contributed by atoms with van der Waals surface area (Å²) in [7, 11) is 0. The molecule has 0 saturated heterocycles. The van der Waals surface area contributed by atoms with Gasteiger partial charge in [0.15, 0.2) is 0 Å². The lowest BCUT2D eigenvalue weighted by Gasteiger charge is -2.35. The third kappa shape index (κ3) is 3.77. The van der Waals surface area contributed by atoms with E-state index in [2.05, 4.69) is 53.9 Å². The van der Waals surface area contributed by atoms with Gasteiger partial charge in [-0.3, -0.25) is 19.1 Å². The summed E-state index contributed by atoms with van der Waals surface area (Å²) >= 11 is 0. The van der Waals surface area contributed by atoms with Gasteiger partial charge in [-0.1, -0.05) is 6.07 Å². The van der Waals surface area contributed by atoms with Crippen LogP contribution in [0.15, 0.2) is 53.6 Å². The minimum Gasteiger partial charge on any atom is -0.360 e. The van der Waals surface area contributed by atoms with Crippen molar-refractivity contribution in [1.29, 1.82) is 0 Å². The van der Waals surface area contributed by atoms with Crippen molar-refractivity contribution in [1.82, 2.24) is 24.8 Å². The Bertz CT molecular complexity index is 1540. The van der Waals surface area contributed by atoms with Crippen molar-refractivity contribution >= 4 is 22.8 Å². The van der Waals surface area contributed by atoms with E-state index in [0.29, 0.717) is 29.8 Å². The van der Waals surface area contributed by atoms with E-state index in [9.17, 15) is 9.59 Å². The summed E-state index contributed by atoms with van der Waals surface area (Å²) in [4.78, 5) is 40.5. The molecule has 6 rings (SSSR count). The van der Waals surface area contributed by atoms with Gasteiger partial charge in [0, 0.05) is 52.6 Å². The van der Waals surface area contributed by atoms with Crippen molar-refractivity contribution in [3.8, 4) is 22.5 Å². The number of pyridine rings is 1. The van der Waals surface area contributed by atoms with Crippen molar-refractivity contribution in [3.63, 3.8) is 0 Å². The molecule has 8 nitrogen and oxygen atoms in total. The Balaban J connectivity index is 1.38. The predicted molar refractivity (Wildman–Crippen MR) is 141 cm³/mol. The smallest absolute Gasteiger partial charge is 0.255 e. The summed E-state index contributed by atoms with van der Waals surface area (Å²) in [6.45, 7) is 9.16. The highest BCUT2D eigenvalue weighted by Crippen LogP contribution is 2.36. The molecule has 2 aliphatic rings. The normalized spacial score (nSPS) is 16.5. The predicted octanol–water partition coefficient (Wildman–Crippen LogP) is 4.35. The van der Waals surface area contributed by atoms with E-state index in [1.54, 1.807) is 16.8 Å². The molecule has 0 spiro atoms. The quantitative estimate of drug-likeness (QED) is 0.441. The maximum absolute atomic E-state index is 13.1. The fraction of sp³-hybridized carbons (Fsp3) is 0.357. The number of amides is 1. The van der Waals surface area contributed by atoms with Crippen LogP contribution in [0.4, 0.5) is 5.95 Å². The standard InChI is InChI=1S/C28H30N6O2/c1-16(2)34-27-32-24(12-25(35)33(27)15-28(34,3)4)21-14-30-23-10-5-17(11-20(21)23)22-9-6-18(13-29-22)26(36)31-19-7-8-19/h5-6,9-14,16,19,30H,7-8,15H2,1-4H3,(H,31,36). The lowest BCUT2D eigenvalue weighted by molar-refractivity contribution is 0.0950. The largest absolute Gasteiger partial charge is 0.360 e. The van der Waals surface area contributed by atoms with E-state index in [-0.39, 0.29) is 23.0 Å². The van der Waals surface area contributed by atoms with Crippen LogP contribution in [0.2, 0.25) is 0 Å². The molecular formula is C28H30N6O2. The van der Waals surface area contributed by atoms with Gasteiger partial charge < -0.3 is 15.2 Å². The highest BCUT2D eigenvalue weighted by atomic mass is 16.1. The van der Waals surface area contributed by atoms with Crippen LogP contribution in [0.1, 0.15) is 50.9 Å². The zero-order valence-electron chi connectivity index (χ0n) is 21.0. The molecular weight excluding hydrogens is 452 g/mol. The van der Waals surface area contributed by atoms with Crippen LogP contribution in [0.5, 0.6) is 0 Å². The Kier molecular flexibility index (Phi) is 5.03. The van der Waals surface area contributed by atoms with Gasteiger partial charge in [0.1, 0.15) is 0 Å². The van der Waals surface area contributed by atoms with Gasteiger partial charge in [-0.25, -0.2) is 4.98 Å². The van der Waals surface area contributed by atoms with Gasteiger partial charge >= 0.3 is 0 Å². The second-order valence-electron chi connectivity index (χ2n) is 10.8. The molecule has 8 heteroatoms. The number of hydrogen-bond acceptors (Lipinski definition) is 5. The Morgan fingerprint density at radius 1 is 1.14 bits per heavy atom. The van der Waals surface area contributed by atoms with Crippen molar-refractivity contribution < 1.29 is 4.79 Å².